The van der Waals surface area contributed by atoms with Gasteiger partial charge >= 0.3 is 0 Å². The number of halogens is 2. The average molecular weight is 609 g/mol. The van der Waals surface area contributed by atoms with Crippen LogP contribution >= 0.6 is 27.5 Å². The Morgan fingerprint density at radius 2 is 1.79 bits per heavy atom. The van der Waals surface area contributed by atoms with Gasteiger partial charge in [-0.1, -0.05) is 29.8 Å². The second kappa shape index (κ2) is 11.1. The van der Waals surface area contributed by atoms with Crippen LogP contribution in [0.3, 0.4) is 0 Å². The molecule has 2 N–H and O–H groups in total. The number of hydrogen-bond donors (Lipinski definition) is 2. The van der Waals surface area contributed by atoms with E-state index in [-0.39, 0.29) is 5.91 Å². The van der Waals surface area contributed by atoms with Gasteiger partial charge < -0.3 is 10.6 Å². The predicted octanol–water partition coefficient (Wildman–Crippen LogP) is 6.53. The smallest absolute Gasteiger partial charge is 0.251 e. The second-order valence-corrected chi connectivity index (χ2v) is 11.4. The largest absolute Gasteiger partial charge is 0.348 e. The molecular formula is C28H23BrClN5O2S. The number of anilines is 2. The molecule has 0 fully saturated rings. The fourth-order valence-corrected chi connectivity index (χ4v) is 5.08. The monoisotopic (exact) mass is 607 g/mol. The molecule has 0 radical (unpaired) electrons. The maximum atomic E-state index is 12.6. The van der Waals surface area contributed by atoms with Crippen molar-refractivity contribution in [2.75, 3.05) is 11.6 Å². The standard InChI is InChI=1S/C28H23BrClN5O2S/c1-17-13-22(38(2)37)9-11-25(17)32-28-33-26-12-8-21(16-35(26)34-28)19-4-6-20(7-5-19)27(36)31-15-18-3-10-24(30)23(29)14-18/h3-14,16H,15H2,1-2H3,(H,31,36)(H,32,34). The number of aryl methyl sites for hydroxylation is 1. The molecule has 38 heavy (non-hydrogen) atoms. The molecular weight excluding hydrogens is 586 g/mol. The molecule has 5 rings (SSSR count). The van der Waals surface area contributed by atoms with Crippen LogP contribution in [0.4, 0.5) is 11.6 Å². The van der Waals surface area contributed by atoms with E-state index in [0.29, 0.717) is 28.7 Å². The molecule has 2 aromatic heterocycles. The van der Waals surface area contributed by atoms with Gasteiger partial charge in [-0.25, -0.2) is 4.52 Å². The van der Waals surface area contributed by atoms with Gasteiger partial charge in [-0.05, 0) is 94.1 Å². The second-order valence-electron chi connectivity index (χ2n) is 8.72. The molecule has 1 atom stereocenters. The Labute approximate surface area is 235 Å². The summed E-state index contributed by atoms with van der Waals surface area (Å²) in [7, 11) is -1.03. The van der Waals surface area contributed by atoms with Gasteiger partial charge in [0.15, 0.2) is 5.65 Å². The Bertz CT molecular complexity index is 1690. The summed E-state index contributed by atoms with van der Waals surface area (Å²) in [5, 5.41) is 11.4. The van der Waals surface area contributed by atoms with E-state index in [1.807, 2.05) is 67.7 Å². The minimum absolute atomic E-state index is 0.154. The third-order valence-corrected chi connectivity index (χ3v) is 8.16. The maximum absolute atomic E-state index is 12.6. The van der Waals surface area contributed by atoms with Crippen molar-refractivity contribution in [2.24, 2.45) is 0 Å². The van der Waals surface area contributed by atoms with Gasteiger partial charge in [0.05, 0.1) is 5.02 Å². The van der Waals surface area contributed by atoms with Crippen LogP contribution in [0.2, 0.25) is 5.02 Å². The molecule has 0 saturated heterocycles. The van der Waals surface area contributed by atoms with Crippen LogP contribution in [0.1, 0.15) is 21.5 Å². The van der Waals surface area contributed by atoms with E-state index >= 15 is 0 Å². The Morgan fingerprint density at radius 3 is 2.50 bits per heavy atom. The van der Waals surface area contributed by atoms with E-state index in [1.165, 1.54) is 0 Å². The SMILES string of the molecule is Cc1cc(S(C)=O)ccc1Nc1nc2ccc(-c3ccc(C(=O)NCc4ccc(Cl)c(Br)c4)cc3)cn2n1. The van der Waals surface area contributed by atoms with E-state index in [2.05, 4.69) is 36.6 Å². The number of nitrogens with zero attached hydrogens (tertiary/aromatic N) is 3. The zero-order chi connectivity index (χ0) is 26.8. The lowest BCUT2D eigenvalue weighted by Crippen LogP contribution is -2.22. The van der Waals surface area contributed by atoms with Gasteiger partial charge in [-0.2, -0.15) is 4.98 Å². The lowest BCUT2D eigenvalue weighted by molar-refractivity contribution is 0.0951. The Kier molecular flexibility index (Phi) is 7.60. The molecule has 1 unspecified atom stereocenters. The first-order chi connectivity index (χ1) is 18.3. The highest BCUT2D eigenvalue weighted by atomic mass is 79.9. The molecule has 1 amide bonds. The van der Waals surface area contributed by atoms with Crippen molar-refractivity contribution in [3.05, 3.63) is 105 Å². The van der Waals surface area contributed by atoms with Crippen molar-refractivity contribution in [2.45, 2.75) is 18.4 Å². The molecule has 5 aromatic rings. The minimum Gasteiger partial charge on any atom is -0.348 e. The van der Waals surface area contributed by atoms with Gasteiger partial charge in [0, 0.05) is 56.0 Å². The fraction of sp³-hybridized carbons (Fsp3) is 0.107. The molecule has 0 spiro atoms. The van der Waals surface area contributed by atoms with Gasteiger partial charge in [0.25, 0.3) is 5.91 Å². The van der Waals surface area contributed by atoms with Crippen molar-refractivity contribution < 1.29 is 9.00 Å². The summed E-state index contributed by atoms with van der Waals surface area (Å²) in [6, 6.07) is 22.5. The number of pyridine rings is 1. The van der Waals surface area contributed by atoms with Gasteiger partial charge in [0.1, 0.15) is 0 Å². The first kappa shape index (κ1) is 26.1. The van der Waals surface area contributed by atoms with Crippen molar-refractivity contribution in [3.8, 4) is 11.1 Å². The number of carbonyl (C=O) groups excluding carboxylic acids is 1. The van der Waals surface area contributed by atoms with Gasteiger partial charge in [-0.15, -0.1) is 5.10 Å². The highest BCUT2D eigenvalue weighted by Crippen LogP contribution is 2.25. The van der Waals surface area contributed by atoms with Crippen molar-refractivity contribution in [1.82, 2.24) is 19.9 Å². The van der Waals surface area contributed by atoms with Crippen LogP contribution in [-0.2, 0) is 17.3 Å². The Morgan fingerprint density at radius 1 is 1.03 bits per heavy atom. The highest BCUT2D eigenvalue weighted by molar-refractivity contribution is 9.10. The molecule has 2 heterocycles. The Hall–Kier alpha value is -3.53. The van der Waals surface area contributed by atoms with Crippen LogP contribution in [0.5, 0.6) is 0 Å². The topological polar surface area (TPSA) is 88.4 Å². The average Bonchev–Trinajstić information content (AvgIpc) is 3.32. The van der Waals surface area contributed by atoms with Crippen LogP contribution < -0.4 is 10.6 Å². The molecule has 192 valence electrons. The number of benzene rings is 3. The molecule has 0 aliphatic heterocycles. The third kappa shape index (κ3) is 5.80. The molecule has 3 aromatic carbocycles. The summed E-state index contributed by atoms with van der Waals surface area (Å²) >= 11 is 9.44. The van der Waals surface area contributed by atoms with Crippen LogP contribution in [0, 0.1) is 6.92 Å². The predicted molar refractivity (Wildman–Crippen MR) is 156 cm³/mol. The van der Waals surface area contributed by atoms with Crippen LogP contribution in [-0.4, -0.2) is 31.0 Å². The summed E-state index contributed by atoms with van der Waals surface area (Å²) in [6.45, 7) is 2.35. The quantitative estimate of drug-likeness (QED) is 0.219. The summed E-state index contributed by atoms with van der Waals surface area (Å²) in [5.41, 5.74) is 5.93. The number of carbonyl (C=O) groups is 1. The van der Waals surface area contributed by atoms with E-state index in [4.69, 9.17) is 11.6 Å². The van der Waals surface area contributed by atoms with E-state index in [0.717, 1.165) is 37.3 Å². The number of nitrogens with one attached hydrogen (secondary N) is 2. The number of amides is 1. The Balaban J connectivity index is 1.28. The highest BCUT2D eigenvalue weighted by Gasteiger charge is 2.10. The molecule has 10 heteroatoms. The summed E-state index contributed by atoms with van der Waals surface area (Å²) in [4.78, 5) is 18.0. The van der Waals surface area contributed by atoms with Crippen molar-refractivity contribution in [3.63, 3.8) is 0 Å². The zero-order valence-corrected chi connectivity index (χ0v) is 23.7. The van der Waals surface area contributed by atoms with E-state index in [1.54, 1.807) is 29.0 Å². The number of fused-ring (bicyclic) bond motifs is 1. The van der Waals surface area contributed by atoms with E-state index < -0.39 is 10.8 Å². The summed E-state index contributed by atoms with van der Waals surface area (Å²) in [5.74, 6) is 0.314. The van der Waals surface area contributed by atoms with E-state index in [9.17, 15) is 9.00 Å². The number of aromatic nitrogens is 3. The van der Waals surface area contributed by atoms with Gasteiger partial charge in [0.2, 0.25) is 5.95 Å². The normalized spacial score (nSPS) is 11.9. The summed E-state index contributed by atoms with van der Waals surface area (Å²) in [6.07, 6.45) is 3.56. The zero-order valence-electron chi connectivity index (χ0n) is 20.5. The molecule has 0 aliphatic rings. The fourth-order valence-electron chi connectivity index (χ4n) is 3.93. The number of rotatable bonds is 7. The lowest BCUT2D eigenvalue weighted by Gasteiger charge is -2.08. The lowest BCUT2D eigenvalue weighted by atomic mass is 10.1. The maximum Gasteiger partial charge on any atom is 0.251 e. The molecule has 0 bridgehead atoms. The first-order valence-electron chi connectivity index (χ1n) is 11.7. The van der Waals surface area contributed by atoms with Crippen molar-refractivity contribution in [1.29, 1.82) is 0 Å². The third-order valence-electron chi connectivity index (χ3n) is 6.02. The first-order valence-corrected chi connectivity index (χ1v) is 14.4. The molecule has 0 aliphatic carbocycles. The molecule has 7 nitrogen and oxygen atoms in total. The van der Waals surface area contributed by atoms with Gasteiger partial charge in [-0.3, -0.25) is 9.00 Å². The molecule has 0 saturated carbocycles. The van der Waals surface area contributed by atoms with Crippen LogP contribution in [0.15, 0.2) is 88.4 Å². The van der Waals surface area contributed by atoms with Crippen LogP contribution in [0.25, 0.3) is 16.8 Å². The van der Waals surface area contributed by atoms with Crippen molar-refractivity contribution >= 4 is 61.5 Å². The minimum atomic E-state index is -1.03. The number of hydrogen-bond acceptors (Lipinski definition) is 5. The summed E-state index contributed by atoms with van der Waals surface area (Å²) < 4.78 is 14.2.